The van der Waals surface area contributed by atoms with Crippen LogP contribution in [0.4, 0.5) is 13.2 Å². The lowest BCUT2D eigenvalue weighted by Gasteiger charge is -2.28. The summed E-state index contributed by atoms with van der Waals surface area (Å²) in [7, 11) is 0. The summed E-state index contributed by atoms with van der Waals surface area (Å²) in [5.74, 6) is -3.15. The molecule has 0 bridgehead atoms. The maximum absolute atomic E-state index is 13.5. The number of aliphatic hydroxyl groups excluding tert-OH is 1. The molecule has 4 rings (SSSR count). The fourth-order valence-electron chi connectivity index (χ4n) is 4.02. The van der Waals surface area contributed by atoms with Crippen LogP contribution in [-0.2, 0) is 12.6 Å². The SMILES string of the molecule is O=C(O)c1ccc(-c2n[nH]c3c2C(O)C(C(=O)c2c(Cl)cccc2C(F)(F)F)CC3)cc1. The molecule has 32 heavy (non-hydrogen) atoms. The van der Waals surface area contributed by atoms with E-state index in [1.165, 1.54) is 30.3 Å². The summed E-state index contributed by atoms with van der Waals surface area (Å²) in [4.78, 5) is 24.2. The number of Topliss-reactive ketones (excluding diaryl/α,β-unsaturated/α-hetero) is 1. The number of carboxylic acids is 1. The highest BCUT2D eigenvalue weighted by atomic mass is 35.5. The lowest BCUT2D eigenvalue weighted by Crippen LogP contribution is -2.29. The van der Waals surface area contributed by atoms with E-state index in [-0.39, 0.29) is 23.4 Å². The first-order valence-electron chi connectivity index (χ1n) is 9.58. The molecule has 0 amide bonds. The Morgan fingerprint density at radius 3 is 2.44 bits per heavy atom. The second kappa shape index (κ2) is 8.07. The van der Waals surface area contributed by atoms with E-state index in [4.69, 9.17) is 16.7 Å². The number of carbonyl (C=O) groups is 2. The number of carbonyl (C=O) groups excluding carboxylic acids is 1. The highest BCUT2D eigenvalue weighted by molar-refractivity contribution is 6.34. The third-order valence-corrected chi connectivity index (χ3v) is 5.89. The molecule has 0 radical (unpaired) electrons. The number of nitrogens with one attached hydrogen (secondary N) is 1. The van der Waals surface area contributed by atoms with Gasteiger partial charge in [-0.2, -0.15) is 18.3 Å². The van der Waals surface area contributed by atoms with Crippen LogP contribution in [0.2, 0.25) is 5.02 Å². The van der Waals surface area contributed by atoms with Gasteiger partial charge in [-0.25, -0.2) is 4.79 Å². The number of rotatable bonds is 4. The minimum atomic E-state index is -4.78. The average molecular weight is 465 g/mol. The summed E-state index contributed by atoms with van der Waals surface area (Å²) in [6.07, 6.45) is -5.81. The highest BCUT2D eigenvalue weighted by Crippen LogP contribution is 2.43. The van der Waals surface area contributed by atoms with Gasteiger partial charge in [0, 0.05) is 22.4 Å². The molecular weight excluding hydrogens is 449 g/mol. The minimum absolute atomic E-state index is 0.0603. The van der Waals surface area contributed by atoms with Crippen LogP contribution >= 0.6 is 11.6 Å². The number of carboxylic acid groups (broad SMARTS) is 1. The molecule has 10 heteroatoms. The summed E-state index contributed by atoms with van der Waals surface area (Å²) in [5.41, 5.74) is -0.0854. The van der Waals surface area contributed by atoms with E-state index < -0.39 is 41.1 Å². The van der Waals surface area contributed by atoms with Crippen LogP contribution in [0, 0.1) is 5.92 Å². The van der Waals surface area contributed by atoms with Gasteiger partial charge in [0.1, 0.15) is 0 Å². The number of hydrogen-bond donors (Lipinski definition) is 3. The van der Waals surface area contributed by atoms with E-state index in [9.17, 15) is 27.9 Å². The van der Waals surface area contributed by atoms with Crippen molar-refractivity contribution in [2.24, 2.45) is 5.92 Å². The van der Waals surface area contributed by atoms with Gasteiger partial charge in [-0.15, -0.1) is 0 Å². The molecule has 0 aliphatic heterocycles. The molecule has 0 saturated heterocycles. The molecule has 1 heterocycles. The Kier molecular flexibility index (Phi) is 5.56. The Hall–Kier alpha value is -3.17. The molecule has 6 nitrogen and oxygen atoms in total. The topological polar surface area (TPSA) is 103 Å². The number of halogens is 4. The Morgan fingerprint density at radius 1 is 1.12 bits per heavy atom. The first kappa shape index (κ1) is 22.0. The number of aryl methyl sites for hydroxylation is 1. The Bertz CT molecular complexity index is 1200. The first-order chi connectivity index (χ1) is 15.1. The zero-order valence-electron chi connectivity index (χ0n) is 16.3. The summed E-state index contributed by atoms with van der Waals surface area (Å²) in [6.45, 7) is 0. The number of aromatic nitrogens is 2. The average Bonchev–Trinajstić information content (AvgIpc) is 3.18. The number of hydrogen-bond acceptors (Lipinski definition) is 4. The minimum Gasteiger partial charge on any atom is -0.478 e. The molecule has 2 aromatic carbocycles. The van der Waals surface area contributed by atoms with Crippen molar-refractivity contribution in [3.63, 3.8) is 0 Å². The van der Waals surface area contributed by atoms with Gasteiger partial charge in [0.2, 0.25) is 0 Å². The standard InChI is InChI=1S/C22H16ClF3N2O4/c23-14-3-1-2-13(22(24,25)26)16(14)19(29)12-8-9-15-17(20(12)30)18(28-27-15)10-4-6-11(7-5-10)21(31)32/h1-7,12,20,30H,8-9H2,(H,27,28)(H,31,32). The molecule has 2 atom stereocenters. The summed E-state index contributed by atoms with van der Waals surface area (Å²) < 4.78 is 40.5. The predicted octanol–water partition coefficient (Wildman–Crippen LogP) is 4.93. The molecule has 2 unspecified atom stereocenters. The van der Waals surface area contributed by atoms with Crippen LogP contribution in [0.3, 0.4) is 0 Å². The van der Waals surface area contributed by atoms with Gasteiger partial charge in [-0.1, -0.05) is 29.8 Å². The van der Waals surface area contributed by atoms with Crippen molar-refractivity contribution < 1.29 is 33.0 Å². The van der Waals surface area contributed by atoms with Crippen molar-refractivity contribution >= 4 is 23.4 Å². The molecule has 0 spiro atoms. The van der Waals surface area contributed by atoms with Gasteiger partial charge in [0.15, 0.2) is 5.78 Å². The largest absolute Gasteiger partial charge is 0.478 e. The third-order valence-electron chi connectivity index (χ3n) is 5.57. The van der Waals surface area contributed by atoms with Crippen LogP contribution in [0.5, 0.6) is 0 Å². The van der Waals surface area contributed by atoms with Crippen molar-refractivity contribution in [1.82, 2.24) is 10.2 Å². The first-order valence-corrected chi connectivity index (χ1v) is 9.96. The number of fused-ring (bicyclic) bond motifs is 1. The molecule has 0 fully saturated rings. The van der Waals surface area contributed by atoms with Crippen molar-refractivity contribution in [1.29, 1.82) is 0 Å². The molecule has 166 valence electrons. The quantitative estimate of drug-likeness (QED) is 0.475. The van der Waals surface area contributed by atoms with Gasteiger partial charge in [0.25, 0.3) is 0 Å². The van der Waals surface area contributed by atoms with Crippen molar-refractivity contribution in [2.75, 3.05) is 0 Å². The second-order valence-corrected chi connectivity index (χ2v) is 7.87. The highest BCUT2D eigenvalue weighted by Gasteiger charge is 2.42. The molecule has 0 saturated carbocycles. The van der Waals surface area contributed by atoms with Gasteiger partial charge in [0.05, 0.1) is 33.9 Å². The summed E-state index contributed by atoms with van der Waals surface area (Å²) in [6, 6.07) is 8.87. The molecular formula is C22H16ClF3N2O4. The van der Waals surface area contributed by atoms with Crippen molar-refractivity contribution in [2.45, 2.75) is 25.1 Å². The van der Waals surface area contributed by atoms with Crippen LogP contribution in [0.25, 0.3) is 11.3 Å². The maximum atomic E-state index is 13.5. The lowest BCUT2D eigenvalue weighted by atomic mass is 9.78. The lowest BCUT2D eigenvalue weighted by molar-refractivity contribution is -0.138. The number of nitrogens with zero attached hydrogens (tertiary/aromatic N) is 1. The fourth-order valence-corrected chi connectivity index (χ4v) is 4.28. The number of ketones is 1. The molecule has 3 N–H and O–H groups in total. The predicted molar refractivity (Wildman–Crippen MR) is 109 cm³/mol. The molecule has 3 aromatic rings. The zero-order valence-corrected chi connectivity index (χ0v) is 17.0. The monoisotopic (exact) mass is 464 g/mol. The fraction of sp³-hybridized carbons (Fsp3) is 0.227. The normalized spacial score (nSPS) is 18.3. The number of benzene rings is 2. The van der Waals surface area contributed by atoms with E-state index in [1.807, 2.05) is 0 Å². The van der Waals surface area contributed by atoms with Crippen molar-refractivity contribution in [3.8, 4) is 11.3 Å². The van der Waals surface area contributed by atoms with Gasteiger partial charge >= 0.3 is 12.1 Å². The Labute approximate surface area is 184 Å². The maximum Gasteiger partial charge on any atom is 0.417 e. The van der Waals surface area contributed by atoms with E-state index in [0.717, 1.165) is 12.1 Å². The number of aromatic carboxylic acids is 1. The van der Waals surface area contributed by atoms with Crippen molar-refractivity contribution in [3.05, 3.63) is 75.4 Å². The van der Waals surface area contributed by atoms with E-state index in [0.29, 0.717) is 22.5 Å². The zero-order chi connectivity index (χ0) is 23.2. The number of alkyl halides is 3. The van der Waals surface area contributed by atoms with Gasteiger partial charge < -0.3 is 10.2 Å². The van der Waals surface area contributed by atoms with Gasteiger partial charge in [-0.3, -0.25) is 9.89 Å². The third kappa shape index (κ3) is 3.78. The summed E-state index contributed by atoms with van der Waals surface area (Å²) >= 11 is 5.97. The Balaban J connectivity index is 1.73. The molecule has 1 aromatic heterocycles. The molecule has 1 aliphatic rings. The number of aliphatic hydroxyl groups is 1. The smallest absolute Gasteiger partial charge is 0.417 e. The van der Waals surface area contributed by atoms with Crippen LogP contribution in [0.15, 0.2) is 42.5 Å². The number of aromatic amines is 1. The van der Waals surface area contributed by atoms with E-state index in [2.05, 4.69) is 10.2 Å². The van der Waals surface area contributed by atoms with Gasteiger partial charge in [-0.05, 0) is 37.1 Å². The second-order valence-electron chi connectivity index (χ2n) is 7.46. The van der Waals surface area contributed by atoms with Crippen LogP contribution in [0.1, 0.15) is 50.1 Å². The number of H-pyrrole nitrogens is 1. The molecule has 1 aliphatic carbocycles. The Morgan fingerprint density at radius 2 is 1.81 bits per heavy atom. The van der Waals surface area contributed by atoms with E-state index in [1.54, 1.807) is 0 Å². The van der Waals surface area contributed by atoms with Crippen LogP contribution in [-0.4, -0.2) is 32.2 Å². The van der Waals surface area contributed by atoms with E-state index >= 15 is 0 Å². The summed E-state index contributed by atoms with van der Waals surface area (Å²) in [5, 5.41) is 26.7. The van der Waals surface area contributed by atoms with Crippen LogP contribution < -0.4 is 0 Å².